The number of para-hydroxylation sites is 1. The number of amides is 1. The number of nitrogens with one attached hydrogen (secondary N) is 1. The number of carbonyl (C=O) groups is 1. The van der Waals surface area contributed by atoms with Gasteiger partial charge in [-0.15, -0.1) is 0 Å². The first kappa shape index (κ1) is 17.4. The van der Waals surface area contributed by atoms with Crippen LogP contribution in [0.1, 0.15) is 12.8 Å². The van der Waals surface area contributed by atoms with E-state index in [9.17, 15) is 13.2 Å². The number of benzene rings is 1. The number of rotatable bonds is 4. The SMILES string of the molecule is CN(C)S(=O)(=O)N1CCCC(C(=O)Nc2ccccc2Br)C1. The highest BCUT2D eigenvalue weighted by molar-refractivity contribution is 9.10. The van der Waals surface area contributed by atoms with Gasteiger partial charge in [0, 0.05) is 31.7 Å². The Balaban J connectivity index is 2.06. The van der Waals surface area contributed by atoms with E-state index in [1.807, 2.05) is 18.2 Å². The molecule has 8 heteroatoms. The average Bonchev–Trinajstić information content (AvgIpc) is 2.49. The van der Waals surface area contributed by atoms with Crippen LogP contribution in [0.3, 0.4) is 0 Å². The molecular formula is C14H20BrN3O3S. The van der Waals surface area contributed by atoms with Gasteiger partial charge in [0.15, 0.2) is 0 Å². The van der Waals surface area contributed by atoms with Gasteiger partial charge in [-0.2, -0.15) is 17.0 Å². The number of piperidine rings is 1. The van der Waals surface area contributed by atoms with Crippen LogP contribution in [0.15, 0.2) is 28.7 Å². The topological polar surface area (TPSA) is 69.7 Å². The molecule has 1 amide bonds. The highest BCUT2D eigenvalue weighted by Crippen LogP contribution is 2.25. The average molecular weight is 390 g/mol. The summed E-state index contributed by atoms with van der Waals surface area (Å²) in [5.41, 5.74) is 0.695. The molecule has 6 nitrogen and oxygen atoms in total. The van der Waals surface area contributed by atoms with E-state index in [4.69, 9.17) is 0 Å². The van der Waals surface area contributed by atoms with Gasteiger partial charge in [-0.05, 0) is 40.9 Å². The molecule has 122 valence electrons. The molecule has 1 atom stereocenters. The third kappa shape index (κ3) is 3.87. The van der Waals surface area contributed by atoms with Crippen LogP contribution in [-0.2, 0) is 15.0 Å². The van der Waals surface area contributed by atoms with E-state index in [1.165, 1.54) is 22.7 Å². The molecule has 0 aromatic heterocycles. The summed E-state index contributed by atoms with van der Waals surface area (Å²) in [5, 5.41) is 2.86. The Hall–Kier alpha value is -0.960. The van der Waals surface area contributed by atoms with Crippen molar-refractivity contribution in [3.8, 4) is 0 Å². The Labute approximate surface area is 139 Å². The summed E-state index contributed by atoms with van der Waals surface area (Å²) in [5.74, 6) is -0.485. The molecule has 1 saturated heterocycles. The third-order valence-electron chi connectivity index (χ3n) is 3.67. The second kappa shape index (κ2) is 7.08. The maximum Gasteiger partial charge on any atom is 0.281 e. The van der Waals surface area contributed by atoms with Crippen molar-refractivity contribution in [2.24, 2.45) is 5.92 Å². The van der Waals surface area contributed by atoms with Gasteiger partial charge in [0.1, 0.15) is 0 Å². The number of halogens is 1. The van der Waals surface area contributed by atoms with E-state index in [-0.39, 0.29) is 18.4 Å². The first-order chi connectivity index (χ1) is 10.3. The van der Waals surface area contributed by atoms with Crippen molar-refractivity contribution in [1.82, 2.24) is 8.61 Å². The van der Waals surface area contributed by atoms with E-state index in [1.54, 1.807) is 6.07 Å². The second-order valence-corrected chi connectivity index (χ2v) is 8.45. The zero-order valence-electron chi connectivity index (χ0n) is 12.6. The highest BCUT2D eigenvalue weighted by Gasteiger charge is 2.33. The van der Waals surface area contributed by atoms with Crippen molar-refractivity contribution in [3.05, 3.63) is 28.7 Å². The minimum atomic E-state index is -3.47. The molecule has 1 aromatic rings. The number of hydrogen-bond donors (Lipinski definition) is 1. The fourth-order valence-corrected chi connectivity index (χ4v) is 3.97. The van der Waals surface area contributed by atoms with E-state index in [2.05, 4.69) is 21.2 Å². The monoisotopic (exact) mass is 389 g/mol. The van der Waals surface area contributed by atoms with Crippen molar-refractivity contribution >= 4 is 37.7 Å². The molecule has 0 spiro atoms. The van der Waals surface area contributed by atoms with Crippen molar-refractivity contribution in [1.29, 1.82) is 0 Å². The Kier molecular flexibility index (Phi) is 5.60. The predicted octanol–water partition coefficient (Wildman–Crippen LogP) is 1.91. The van der Waals surface area contributed by atoms with E-state index in [0.717, 1.165) is 4.47 Å². The van der Waals surface area contributed by atoms with Crippen molar-refractivity contribution in [3.63, 3.8) is 0 Å². The maximum atomic E-state index is 12.4. The Morgan fingerprint density at radius 1 is 1.36 bits per heavy atom. The lowest BCUT2D eigenvalue weighted by atomic mass is 9.99. The maximum absolute atomic E-state index is 12.4. The molecule has 0 radical (unpaired) electrons. The highest BCUT2D eigenvalue weighted by atomic mass is 79.9. The zero-order chi connectivity index (χ0) is 16.3. The van der Waals surface area contributed by atoms with Gasteiger partial charge in [0.05, 0.1) is 11.6 Å². The van der Waals surface area contributed by atoms with Crippen LogP contribution in [0.25, 0.3) is 0 Å². The lowest BCUT2D eigenvalue weighted by molar-refractivity contribution is -0.120. The Morgan fingerprint density at radius 2 is 2.05 bits per heavy atom. The molecule has 1 unspecified atom stereocenters. The molecule has 1 aromatic carbocycles. The molecule has 0 bridgehead atoms. The molecule has 1 aliphatic heterocycles. The first-order valence-electron chi connectivity index (χ1n) is 7.05. The van der Waals surface area contributed by atoms with E-state index in [0.29, 0.717) is 25.1 Å². The normalized spacial score (nSPS) is 20.1. The van der Waals surface area contributed by atoms with E-state index >= 15 is 0 Å². The van der Waals surface area contributed by atoms with Gasteiger partial charge in [-0.1, -0.05) is 12.1 Å². The molecule has 2 rings (SSSR count). The smallest absolute Gasteiger partial charge is 0.281 e. The number of hydrogen-bond acceptors (Lipinski definition) is 3. The lowest BCUT2D eigenvalue weighted by Gasteiger charge is -2.32. The predicted molar refractivity (Wildman–Crippen MR) is 89.7 cm³/mol. The lowest BCUT2D eigenvalue weighted by Crippen LogP contribution is -2.47. The largest absolute Gasteiger partial charge is 0.325 e. The van der Waals surface area contributed by atoms with Gasteiger partial charge in [-0.3, -0.25) is 4.79 Å². The summed E-state index contributed by atoms with van der Waals surface area (Å²) in [6.07, 6.45) is 1.37. The fraction of sp³-hybridized carbons (Fsp3) is 0.500. The minimum Gasteiger partial charge on any atom is -0.325 e. The summed E-state index contributed by atoms with van der Waals surface area (Å²) >= 11 is 3.38. The fourth-order valence-electron chi connectivity index (χ4n) is 2.39. The number of nitrogens with zero attached hydrogens (tertiary/aromatic N) is 2. The minimum absolute atomic E-state index is 0.148. The molecule has 0 saturated carbocycles. The quantitative estimate of drug-likeness (QED) is 0.854. The number of anilines is 1. The van der Waals surface area contributed by atoms with Gasteiger partial charge >= 0.3 is 0 Å². The van der Waals surface area contributed by atoms with Gasteiger partial charge in [0.25, 0.3) is 10.2 Å². The van der Waals surface area contributed by atoms with Gasteiger partial charge in [-0.25, -0.2) is 0 Å². The van der Waals surface area contributed by atoms with E-state index < -0.39 is 10.2 Å². The second-order valence-electron chi connectivity index (χ2n) is 5.46. The van der Waals surface area contributed by atoms with Crippen LogP contribution in [-0.4, -0.2) is 50.1 Å². The first-order valence-corrected chi connectivity index (χ1v) is 9.24. The van der Waals surface area contributed by atoms with Gasteiger partial charge in [0.2, 0.25) is 5.91 Å². The third-order valence-corrected chi connectivity index (χ3v) is 6.27. The summed E-state index contributed by atoms with van der Waals surface area (Å²) in [6, 6.07) is 7.36. The molecule has 1 heterocycles. The molecule has 0 aliphatic carbocycles. The van der Waals surface area contributed by atoms with Crippen LogP contribution in [0.4, 0.5) is 5.69 Å². The molecular weight excluding hydrogens is 370 g/mol. The van der Waals surface area contributed by atoms with Crippen LogP contribution in [0.2, 0.25) is 0 Å². The standard InChI is InChI=1S/C14H20BrN3O3S/c1-17(2)22(20,21)18-9-5-6-11(10-18)14(19)16-13-8-4-3-7-12(13)15/h3-4,7-8,11H,5-6,9-10H2,1-2H3,(H,16,19). The van der Waals surface area contributed by atoms with Crippen LogP contribution >= 0.6 is 15.9 Å². The molecule has 1 N–H and O–H groups in total. The Bertz CT molecular complexity index is 648. The van der Waals surface area contributed by atoms with Gasteiger partial charge < -0.3 is 5.32 Å². The molecule has 1 fully saturated rings. The number of carbonyl (C=O) groups excluding carboxylic acids is 1. The summed E-state index contributed by atoms with van der Waals surface area (Å²) in [4.78, 5) is 12.4. The van der Waals surface area contributed by atoms with Crippen LogP contribution in [0.5, 0.6) is 0 Å². The Morgan fingerprint density at radius 3 is 2.68 bits per heavy atom. The van der Waals surface area contributed by atoms with Crippen molar-refractivity contribution < 1.29 is 13.2 Å². The summed E-state index contributed by atoms with van der Waals surface area (Å²) in [6.45, 7) is 0.677. The van der Waals surface area contributed by atoms with Crippen molar-refractivity contribution in [2.45, 2.75) is 12.8 Å². The van der Waals surface area contributed by atoms with Crippen LogP contribution in [0, 0.1) is 5.92 Å². The van der Waals surface area contributed by atoms with Crippen molar-refractivity contribution in [2.75, 3.05) is 32.5 Å². The van der Waals surface area contributed by atoms with Crippen LogP contribution < -0.4 is 5.32 Å². The zero-order valence-corrected chi connectivity index (χ0v) is 15.0. The summed E-state index contributed by atoms with van der Waals surface area (Å²) < 4.78 is 27.7. The summed E-state index contributed by atoms with van der Waals surface area (Å²) in [7, 11) is -0.470. The molecule has 1 aliphatic rings. The molecule has 22 heavy (non-hydrogen) atoms.